The van der Waals surface area contributed by atoms with Crippen LogP contribution in [-0.4, -0.2) is 26.7 Å². The molecule has 2 atom stereocenters. The predicted molar refractivity (Wildman–Crippen MR) is 87.6 cm³/mol. The number of carbonyl (C=O) groups is 1. The fourth-order valence-electron chi connectivity index (χ4n) is 3.14. The van der Waals surface area contributed by atoms with E-state index in [1.54, 1.807) is 6.20 Å². The monoisotopic (exact) mass is 313 g/mol. The molecule has 0 spiro atoms. The highest BCUT2D eigenvalue weighted by atomic mass is 16.3. The zero-order valence-corrected chi connectivity index (χ0v) is 13.2. The van der Waals surface area contributed by atoms with Gasteiger partial charge in [-0.2, -0.15) is 0 Å². The lowest BCUT2D eigenvalue weighted by Crippen LogP contribution is -2.35. The van der Waals surface area contributed by atoms with Gasteiger partial charge in [0, 0.05) is 24.9 Å². The number of hydrogen-bond donors (Lipinski definition) is 2. The normalized spacial score (nSPS) is 21.1. The van der Waals surface area contributed by atoms with Crippen molar-refractivity contribution in [1.29, 1.82) is 0 Å². The fourth-order valence-corrected chi connectivity index (χ4v) is 3.14. The summed E-state index contributed by atoms with van der Waals surface area (Å²) < 4.78 is 2.05. The molecule has 0 bridgehead atoms. The van der Waals surface area contributed by atoms with E-state index in [1.807, 2.05) is 29.0 Å². The molecule has 1 aliphatic rings. The van der Waals surface area contributed by atoms with Gasteiger partial charge in [0.05, 0.1) is 12.6 Å². The van der Waals surface area contributed by atoms with Gasteiger partial charge in [-0.3, -0.25) is 4.79 Å². The molecule has 2 aromatic rings. The Morgan fingerprint density at radius 2 is 2.13 bits per heavy atom. The molecule has 2 unspecified atom stereocenters. The van der Waals surface area contributed by atoms with Crippen LogP contribution >= 0.6 is 0 Å². The molecule has 2 N–H and O–H groups in total. The van der Waals surface area contributed by atoms with Crippen molar-refractivity contribution in [2.45, 2.75) is 44.9 Å². The minimum Gasteiger partial charge on any atom is -0.393 e. The lowest BCUT2D eigenvalue weighted by Gasteiger charge is -2.24. The Bertz CT molecular complexity index is 639. The van der Waals surface area contributed by atoms with Crippen LogP contribution in [0.4, 0.5) is 0 Å². The van der Waals surface area contributed by atoms with Gasteiger partial charge in [-0.1, -0.05) is 36.8 Å². The van der Waals surface area contributed by atoms with Crippen LogP contribution in [0.15, 0.2) is 42.7 Å². The smallest absolute Gasteiger partial charge is 0.223 e. The number of aliphatic hydroxyl groups excluding tert-OH is 1. The predicted octanol–water partition coefficient (Wildman–Crippen LogP) is 2.10. The lowest BCUT2D eigenvalue weighted by atomic mass is 9.87. The lowest BCUT2D eigenvalue weighted by molar-refractivity contribution is -0.127. The molecule has 1 saturated carbocycles. The van der Waals surface area contributed by atoms with Crippen molar-refractivity contribution in [3.63, 3.8) is 0 Å². The van der Waals surface area contributed by atoms with E-state index >= 15 is 0 Å². The Kier molecular flexibility index (Phi) is 5.08. The number of carbonyl (C=O) groups excluding carboxylic acids is 1. The second-order valence-corrected chi connectivity index (χ2v) is 6.19. The van der Waals surface area contributed by atoms with Gasteiger partial charge >= 0.3 is 0 Å². The van der Waals surface area contributed by atoms with E-state index in [4.69, 9.17) is 0 Å². The molecule has 3 rings (SSSR count). The van der Waals surface area contributed by atoms with Crippen molar-refractivity contribution in [3.8, 4) is 0 Å². The third-order valence-electron chi connectivity index (χ3n) is 4.44. The van der Waals surface area contributed by atoms with Crippen LogP contribution in [0.2, 0.25) is 0 Å². The van der Waals surface area contributed by atoms with Gasteiger partial charge in [-0.25, -0.2) is 4.98 Å². The van der Waals surface area contributed by atoms with E-state index in [1.165, 1.54) is 5.56 Å². The number of aromatic nitrogens is 2. The summed E-state index contributed by atoms with van der Waals surface area (Å²) >= 11 is 0. The van der Waals surface area contributed by atoms with Crippen molar-refractivity contribution in [1.82, 2.24) is 14.9 Å². The van der Waals surface area contributed by atoms with E-state index in [2.05, 4.69) is 22.4 Å². The molecule has 1 aromatic carbocycles. The van der Waals surface area contributed by atoms with E-state index in [-0.39, 0.29) is 17.9 Å². The summed E-state index contributed by atoms with van der Waals surface area (Å²) in [5.74, 6) is 0.799. The maximum absolute atomic E-state index is 12.2. The number of hydrogen-bond acceptors (Lipinski definition) is 3. The molecule has 1 fully saturated rings. The maximum atomic E-state index is 12.2. The summed E-state index contributed by atoms with van der Waals surface area (Å²) in [4.78, 5) is 16.6. The van der Waals surface area contributed by atoms with Crippen LogP contribution in [0.5, 0.6) is 0 Å². The first-order chi connectivity index (χ1) is 11.2. The topological polar surface area (TPSA) is 67.2 Å². The van der Waals surface area contributed by atoms with Gasteiger partial charge in [-0.05, 0) is 24.8 Å². The summed E-state index contributed by atoms with van der Waals surface area (Å²) in [7, 11) is 0. The van der Waals surface area contributed by atoms with Crippen molar-refractivity contribution < 1.29 is 9.90 Å². The quantitative estimate of drug-likeness (QED) is 0.888. The highest BCUT2D eigenvalue weighted by molar-refractivity contribution is 5.78. The summed E-state index contributed by atoms with van der Waals surface area (Å²) in [5, 5.41) is 12.7. The second-order valence-electron chi connectivity index (χ2n) is 6.19. The van der Waals surface area contributed by atoms with Crippen molar-refractivity contribution in [2.75, 3.05) is 0 Å². The van der Waals surface area contributed by atoms with Crippen LogP contribution < -0.4 is 5.32 Å². The Labute approximate surface area is 136 Å². The van der Waals surface area contributed by atoms with Crippen LogP contribution in [0.25, 0.3) is 0 Å². The molecule has 0 radical (unpaired) electrons. The molecule has 1 aliphatic carbocycles. The SMILES string of the molecule is O=C(NCc1nccn1Cc1ccccc1)C1CCCC(O)C1. The molecule has 1 aromatic heterocycles. The minimum atomic E-state index is -0.334. The van der Waals surface area contributed by atoms with Crippen LogP contribution in [0.1, 0.15) is 37.1 Å². The first-order valence-electron chi connectivity index (χ1n) is 8.22. The zero-order chi connectivity index (χ0) is 16.1. The highest BCUT2D eigenvalue weighted by Crippen LogP contribution is 2.24. The summed E-state index contributed by atoms with van der Waals surface area (Å²) in [6.45, 7) is 1.17. The molecule has 5 heteroatoms. The van der Waals surface area contributed by atoms with Gasteiger partial charge in [0.15, 0.2) is 0 Å². The minimum absolute atomic E-state index is 0.0259. The molecular weight excluding hydrogens is 290 g/mol. The number of imidazole rings is 1. The Morgan fingerprint density at radius 3 is 2.91 bits per heavy atom. The molecule has 0 aliphatic heterocycles. The van der Waals surface area contributed by atoms with E-state index in [0.29, 0.717) is 13.0 Å². The third kappa shape index (κ3) is 4.20. The van der Waals surface area contributed by atoms with Crippen molar-refractivity contribution in [2.24, 2.45) is 5.92 Å². The molecule has 23 heavy (non-hydrogen) atoms. The fraction of sp³-hybridized carbons (Fsp3) is 0.444. The van der Waals surface area contributed by atoms with Gasteiger partial charge in [-0.15, -0.1) is 0 Å². The molecule has 1 amide bonds. The van der Waals surface area contributed by atoms with Crippen LogP contribution in [0.3, 0.4) is 0 Å². The number of rotatable bonds is 5. The maximum Gasteiger partial charge on any atom is 0.223 e. The Morgan fingerprint density at radius 1 is 1.30 bits per heavy atom. The Hall–Kier alpha value is -2.14. The van der Waals surface area contributed by atoms with Crippen molar-refractivity contribution in [3.05, 3.63) is 54.1 Å². The number of benzene rings is 1. The molecule has 5 nitrogen and oxygen atoms in total. The van der Waals surface area contributed by atoms with Gasteiger partial charge < -0.3 is 15.0 Å². The number of amides is 1. The van der Waals surface area contributed by atoms with Crippen LogP contribution in [0, 0.1) is 5.92 Å². The largest absolute Gasteiger partial charge is 0.393 e. The van der Waals surface area contributed by atoms with Crippen LogP contribution in [-0.2, 0) is 17.9 Å². The third-order valence-corrected chi connectivity index (χ3v) is 4.44. The van der Waals surface area contributed by atoms with E-state index in [0.717, 1.165) is 31.6 Å². The molecule has 122 valence electrons. The average molecular weight is 313 g/mol. The highest BCUT2D eigenvalue weighted by Gasteiger charge is 2.25. The summed E-state index contributed by atoms with van der Waals surface area (Å²) in [5.41, 5.74) is 1.20. The summed E-state index contributed by atoms with van der Waals surface area (Å²) in [6, 6.07) is 10.2. The molecule has 1 heterocycles. The number of nitrogens with zero attached hydrogens (tertiary/aromatic N) is 2. The van der Waals surface area contributed by atoms with Gasteiger partial charge in [0.2, 0.25) is 5.91 Å². The molecular formula is C18H23N3O2. The number of nitrogens with one attached hydrogen (secondary N) is 1. The first-order valence-corrected chi connectivity index (χ1v) is 8.22. The first kappa shape index (κ1) is 15.7. The standard InChI is InChI=1S/C18H23N3O2/c22-16-8-4-7-15(11-16)18(23)20-12-17-19-9-10-21(17)13-14-5-2-1-3-6-14/h1-3,5-6,9-10,15-16,22H,4,7-8,11-13H2,(H,20,23). The summed E-state index contributed by atoms with van der Waals surface area (Å²) in [6.07, 6.45) is 6.52. The van der Waals surface area contributed by atoms with E-state index < -0.39 is 0 Å². The van der Waals surface area contributed by atoms with Gasteiger partial charge in [0.25, 0.3) is 0 Å². The Balaban J connectivity index is 1.56. The molecule has 0 saturated heterocycles. The number of aliphatic hydroxyl groups is 1. The van der Waals surface area contributed by atoms with Gasteiger partial charge in [0.1, 0.15) is 5.82 Å². The zero-order valence-electron chi connectivity index (χ0n) is 13.2. The second kappa shape index (κ2) is 7.42. The average Bonchev–Trinajstić information content (AvgIpc) is 3.00. The van der Waals surface area contributed by atoms with E-state index in [9.17, 15) is 9.90 Å². The van der Waals surface area contributed by atoms with Crippen molar-refractivity contribution >= 4 is 5.91 Å².